The second-order valence-electron chi connectivity index (χ2n) is 7.77. The molecule has 2 aromatic rings. The summed E-state index contributed by atoms with van der Waals surface area (Å²) in [5, 5.41) is 20.9. The molecule has 0 spiro atoms. The summed E-state index contributed by atoms with van der Waals surface area (Å²) in [4.78, 5) is 13.5. The van der Waals surface area contributed by atoms with Crippen LogP contribution in [0.15, 0.2) is 36.4 Å². The number of benzene rings is 2. The van der Waals surface area contributed by atoms with E-state index >= 15 is 0 Å². The van der Waals surface area contributed by atoms with Gasteiger partial charge >= 0.3 is 5.97 Å². The molecule has 2 N–H and O–H groups in total. The van der Waals surface area contributed by atoms with E-state index in [2.05, 4.69) is 23.1 Å². The van der Waals surface area contributed by atoms with Crippen LogP contribution >= 0.6 is 0 Å². The highest BCUT2D eigenvalue weighted by molar-refractivity contribution is 5.84. The Hall–Kier alpha value is -2.07. The Labute approximate surface area is 148 Å². The van der Waals surface area contributed by atoms with Gasteiger partial charge in [0.05, 0.1) is 5.92 Å². The van der Waals surface area contributed by atoms with Crippen LogP contribution in [0, 0.1) is 17.8 Å². The number of hydrogen-bond donors (Lipinski definition) is 2. The van der Waals surface area contributed by atoms with Crippen molar-refractivity contribution < 1.29 is 15.0 Å². The normalized spacial score (nSPS) is 25.0. The summed E-state index contributed by atoms with van der Waals surface area (Å²) in [6.45, 7) is 3.24. The number of aromatic hydroxyl groups is 1. The number of phenols is 1. The van der Waals surface area contributed by atoms with E-state index in [1.54, 1.807) is 12.1 Å². The lowest BCUT2D eigenvalue weighted by atomic mass is 9.73. The van der Waals surface area contributed by atoms with E-state index in [0.29, 0.717) is 11.7 Å². The Balaban J connectivity index is 1.30. The molecular formula is C21H25NO3. The topological polar surface area (TPSA) is 60.8 Å². The van der Waals surface area contributed by atoms with E-state index in [-0.39, 0.29) is 5.92 Å². The molecule has 2 fully saturated rings. The van der Waals surface area contributed by atoms with Crippen molar-refractivity contribution in [3.05, 3.63) is 42.0 Å². The van der Waals surface area contributed by atoms with E-state index < -0.39 is 5.97 Å². The van der Waals surface area contributed by atoms with Crippen molar-refractivity contribution in [2.45, 2.75) is 32.2 Å². The van der Waals surface area contributed by atoms with Crippen molar-refractivity contribution in [1.29, 1.82) is 0 Å². The van der Waals surface area contributed by atoms with Crippen LogP contribution < -0.4 is 0 Å². The second-order valence-corrected chi connectivity index (χ2v) is 7.77. The quantitative estimate of drug-likeness (QED) is 0.888. The van der Waals surface area contributed by atoms with Crippen LogP contribution in [0.4, 0.5) is 0 Å². The minimum absolute atomic E-state index is 0.107. The van der Waals surface area contributed by atoms with Gasteiger partial charge in [0, 0.05) is 19.6 Å². The summed E-state index contributed by atoms with van der Waals surface area (Å²) in [6, 6.07) is 11.9. The van der Waals surface area contributed by atoms with Gasteiger partial charge in [0.2, 0.25) is 0 Å². The highest BCUT2D eigenvalue weighted by atomic mass is 16.4. The fourth-order valence-corrected chi connectivity index (χ4v) is 4.51. The fraction of sp³-hybridized carbons (Fsp3) is 0.476. The van der Waals surface area contributed by atoms with Gasteiger partial charge in [-0.25, -0.2) is 0 Å². The monoisotopic (exact) mass is 339 g/mol. The number of nitrogens with zero attached hydrogens (tertiary/aromatic N) is 1. The van der Waals surface area contributed by atoms with Gasteiger partial charge in [-0.15, -0.1) is 0 Å². The number of rotatable bonds is 4. The predicted octanol–water partition coefficient (Wildman–Crippen LogP) is 3.87. The standard InChI is InChI=1S/C21H25NO3/c23-20-8-7-17-9-14(1-2-18(17)10-20)11-22-12-19(13-22)15-3-5-16(6-4-15)21(24)25/h1-2,7-10,15-16,19,23H,3-6,11-13H2,(H,24,25). The Morgan fingerprint density at radius 3 is 2.36 bits per heavy atom. The number of carbonyl (C=O) groups is 1. The molecule has 4 nitrogen and oxygen atoms in total. The first-order chi connectivity index (χ1) is 12.1. The van der Waals surface area contributed by atoms with Crippen LogP contribution in [-0.4, -0.2) is 34.2 Å². The van der Waals surface area contributed by atoms with Crippen LogP contribution in [0.1, 0.15) is 31.2 Å². The maximum absolute atomic E-state index is 11.1. The number of likely N-dealkylation sites (tertiary alicyclic amines) is 1. The number of carboxylic acids is 1. The number of hydrogen-bond acceptors (Lipinski definition) is 3. The molecule has 4 rings (SSSR count). The van der Waals surface area contributed by atoms with Crippen LogP contribution in [-0.2, 0) is 11.3 Å². The lowest BCUT2D eigenvalue weighted by molar-refractivity contribution is -0.143. The van der Waals surface area contributed by atoms with Gasteiger partial charge in [0.1, 0.15) is 5.75 Å². The third-order valence-electron chi connectivity index (χ3n) is 6.07. The summed E-state index contributed by atoms with van der Waals surface area (Å²) in [5.41, 5.74) is 1.31. The van der Waals surface area contributed by atoms with Crippen molar-refractivity contribution in [3.63, 3.8) is 0 Å². The van der Waals surface area contributed by atoms with Gasteiger partial charge in [-0.05, 0) is 72.1 Å². The highest BCUT2D eigenvalue weighted by Gasteiger charge is 2.36. The first-order valence-electron chi connectivity index (χ1n) is 9.25. The van der Waals surface area contributed by atoms with E-state index in [0.717, 1.165) is 56.6 Å². The second kappa shape index (κ2) is 6.68. The minimum atomic E-state index is -0.613. The average Bonchev–Trinajstić information content (AvgIpc) is 2.58. The molecule has 1 saturated carbocycles. The molecule has 2 aromatic carbocycles. The average molecular weight is 339 g/mol. The van der Waals surface area contributed by atoms with Crippen LogP contribution in [0.25, 0.3) is 10.8 Å². The molecule has 1 aliphatic heterocycles. The van der Waals surface area contributed by atoms with Gasteiger partial charge < -0.3 is 10.2 Å². The third-order valence-corrected chi connectivity index (χ3v) is 6.07. The maximum atomic E-state index is 11.1. The fourth-order valence-electron chi connectivity index (χ4n) is 4.51. The zero-order chi connectivity index (χ0) is 17.4. The Morgan fingerprint density at radius 1 is 0.960 bits per heavy atom. The summed E-state index contributed by atoms with van der Waals surface area (Å²) >= 11 is 0. The molecular weight excluding hydrogens is 314 g/mol. The van der Waals surface area contributed by atoms with E-state index in [1.165, 1.54) is 10.9 Å². The molecule has 0 unspecified atom stereocenters. The number of carboxylic acid groups (broad SMARTS) is 1. The molecule has 0 radical (unpaired) electrons. The van der Waals surface area contributed by atoms with Gasteiger partial charge in [0.25, 0.3) is 0 Å². The third kappa shape index (κ3) is 3.49. The molecule has 1 saturated heterocycles. The summed E-state index contributed by atoms with van der Waals surface area (Å²) in [7, 11) is 0. The minimum Gasteiger partial charge on any atom is -0.508 e. The highest BCUT2D eigenvalue weighted by Crippen LogP contribution is 2.38. The van der Waals surface area contributed by atoms with Gasteiger partial charge in [-0.1, -0.05) is 18.2 Å². The van der Waals surface area contributed by atoms with Crippen LogP contribution in [0.5, 0.6) is 5.75 Å². The zero-order valence-corrected chi connectivity index (χ0v) is 14.4. The van der Waals surface area contributed by atoms with Gasteiger partial charge in [-0.2, -0.15) is 0 Å². The first kappa shape index (κ1) is 16.4. The number of aliphatic carboxylic acids is 1. The SMILES string of the molecule is O=C(O)C1CCC(C2CN(Cc3ccc4cc(O)ccc4c3)C2)CC1. The molecule has 0 aromatic heterocycles. The summed E-state index contributed by atoms with van der Waals surface area (Å²) in [6.07, 6.45) is 3.87. The molecule has 1 aliphatic carbocycles. The molecule has 2 aliphatic rings. The Kier molecular flexibility index (Phi) is 4.38. The van der Waals surface area contributed by atoms with Gasteiger partial charge in [0.15, 0.2) is 0 Å². The number of fused-ring (bicyclic) bond motifs is 1. The van der Waals surface area contributed by atoms with Crippen molar-refractivity contribution in [2.24, 2.45) is 17.8 Å². The Morgan fingerprint density at radius 2 is 1.64 bits per heavy atom. The largest absolute Gasteiger partial charge is 0.508 e. The van der Waals surface area contributed by atoms with E-state index in [9.17, 15) is 9.90 Å². The van der Waals surface area contributed by atoms with Crippen molar-refractivity contribution in [1.82, 2.24) is 4.90 Å². The van der Waals surface area contributed by atoms with Crippen LogP contribution in [0.3, 0.4) is 0 Å². The summed E-state index contributed by atoms with van der Waals surface area (Å²) < 4.78 is 0. The predicted molar refractivity (Wildman–Crippen MR) is 97.5 cm³/mol. The van der Waals surface area contributed by atoms with Crippen molar-refractivity contribution in [2.75, 3.05) is 13.1 Å². The van der Waals surface area contributed by atoms with E-state index in [4.69, 9.17) is 5.11 Å². The van der Waals surface area contributed by atoms with Gasteiger partial charge in [-0.3, -0.25) is 9.69 Å². The lowest BCUT2D eigenvalue weighted by Gasteiger charge is -2.45. The molecule has 0 amide bonds. The maximum Gasteiger partial charge on any atom is 0.306 e. The molecule has 0 atom stereocenters. The first-order valence-corrected chi connectivity index (χ1v) is 9.25. The molecule has 0 bridgehead atoms. The molecule has 4 heteroatoms. The molecule has 25 heavy (non-hydrogen) atoms. The zero-order valence-electron chi connectivity index (χ0n) is 14.4. The van der Waals surface area contributed by atoms with Crippen LogP contribution in [0.2, 0.25) is 0 Å². The molecule has 132 valence electrons. The summed E-state index contributed by atoms with van der Waals surface area (Å²) in [5.74, 6) is 1.05. The van der Waals surface area contributed by atoms with E-state index in [1.807, 2.05) is 6.07 Å². The molecule has 1 heterocycles. The van der Waals surface area contributed by atoms with Crippen molar-refractivity contribution in [3.8, 4) is 5.75 Å². The number of phenolic OH excluding ortho intramolecular Hbond substituents is 1. The van der Waals surface area contributed by atoms with Crippen molar-refractivity contribution >= 4 is 16.7 Å². The lowest BCUT2D eigenvalue weighted by Crippen LogP contribution is -2.50. The Bertz CT molecular complexity index is 774. The smallest absolute Gasteiger partial charge is 0.306 e.